The molecule has 0 bridgehead atoms. The van der Waals surface area contributed by atoms with Crippen LogP contribution in [0.2, 0.25) is 24.7 Å². The lowest BCUT2D eigenvalue weighted by molar-refractivity contribution is 0.595. The van der Waals surface area contributed by atoms with E-state index in [0.29, 0.717) is 0 Å². The molecule has 0 N–H and O–H groups in total. The van der Waals surface area contributed by atoms with Crippen molar-refractivity contribution in [3.05, 3.63) is 0 Å². The maximum Gasteiger partial charge on any atom is 0.0504 e. The molecule has 0 aromatic carbocycles. The van der Waals surface area contributed by atoms with Crippen LogP contribution in [0, 0.1) is 0 Å². The number of hydrogen-bond acceptors (Lipinski definition) is 0. The van der Waals surface area contributed by atoms with Crippen LogP contribution in [0.3, 0.4) is 0 Å². The van der Waals surface area contributed by atoms with Gasteiger partial charge in [-0.05, 0) is 0 Å². The molecular formula is C26H56Si. The first kappa shape index (κ1) is 27.2. The smallest absolute Gasteiger partial charge is 0.0504 e. The van der Waals surface area contributed by atoms with E-state index in [1.54, 1.807) is 37.4 Å². The van der Waals surface area contributed by atoms with E-state index >= 15 is 0 Å². The van der Waals surface area contributed by atoms with Crippen molar-refractivity contribution < 1.29 is 0 Å². The lowest BCUT2D eigenvalue weighted by Gasteiger charge is -2.28. The van der Waals surface area contributed by atoms with Gasteiger partial charge in [-0.1, -0.05) is 167 Å². The predicted octanol–water partition coefficient (Wildman–Crippen LogP) is 10.5. The Labute approximate surface area is 175 Å². The zero-order valence-corrected chi connectivity index (χ0v) is 21.1. The van der Waals surface area contributed by atoms with Gasteiger partial charge in [0.1, 0.15) is 0 Å². The molecule has 0 atom stereocenters. The van der Waals surface area contributed by atoms with E-state index in [1.807, 2.05) is 0 Å². The van der Waals surface area contributed by atoms with Crippen LogP contribution < -0.4 is 0 Å². The van der Waals surface area contributed by atoms with Gasteiger partial charge >= 0.3 is 0 Å². The Hall–Kier alpha value is 0.217. The molecule has 0 aromatic heterocycles. The highest BCUT2D eigenvalue weighted by Crippen LogP contribution is 2.29. The van der Waals surface area contributed by atoms with Gasteiger partial charge in [0.25, 0.3) is 0 Å². The fourth-order valence-electron chi connectivity index (χ4n) is 4.55. The van der Waals surface area contributed by atoms with Gasteiger partial charge < -0.3 is 0 Å². The summed E-state index contributed by atoms with van der Waals surface area (Å²) < 4.78 is 0. The Bertz CT molecular complexity index is 257. The molecule has 0 fully saturated rings. The minimum atomic E-state index is -0.962. The summed E-state index contributed by atoms with van der Waals surface area (Å²) in [6, 6.07) is 4.89. The first-order valence-electron chi connectivity index (χ1n) is 13.2. The van der Waals surface area contributed by atoms with Crippen LogP contribution in [0.15, 0.2) is 0 Å². The summed E-state index contributed by atoms with van der Waals surface area (Å²) in [5.74, 6) is 0. The van der Waals surface area contributed by atoms with Gasteiger partial charge in [0.15, 0.2) is 0 Å². The Morgan fingerprint density at radius 3 is 0.815 bits per heavy atom. The minimum absolute atomic E-state index is 0.962. The Morgan fingerprint density at radius 2 is 0.556 bits per heavy atom. The zero-order chi connectivity index (χ0) is 20.1. The second kappa shape index (κ2) is 20.9. The van der Waals surface area contributed by atoms with Gasteiger partial charge in [0, 0.05) is 0 Å². The van der Waals surface area contributed by atoms with Crippen LogP contribution in [0.25, 0.3) is 0 Å². The summed E-state index contributed by atoms with van der Waals surface area (Å²) >= 11 is 0. The molecule has 0 aliphatic heterocycles. The fourth-order valence-corrected chi connectivity index (χ4v) is 8.61. The van der Waals surface area contributed by atoms with Gasteiger partial charge in [0.2, 0.25) is 0 Å². The third-order valence-corrected chi connectivity index (χ3v) is 11.3. The molecular weight excluding hydrogens is 340 g/mol. The monoisotopic (exact) mass is 396 g/mol. The molecule has 0 heterocycles. The van der Waals surface area contributed by atoms with Crippen LogP contribution >= 0.6 is 0 Å². The van der Waals surface area contributed by atoms with Gasteiger partial charge in [0.05, 0.1) is 8.07 Å². The van der Waals surface area contributed by atoms with E-state index in [1.165, 1.54) is 103 Å². The van der Waals surface area contributed by atoms with E-state index in [9.17, 15) is 0 Å². The quantitative estimate of drug-likeness (QED) is 0.126. The zero-order valence-electron chi connectivity index (χ0n) is 20.1. The largest absolute Gasteiger partial charge is 0.0691 e. The third kappa shape index (κ3) is 19.3. The van der Waals surface area contributed by atoms with E-state index in [-0.39, 0.29) is 0 Å². The second-order valence-electron chi connectivity index (χ2n) is 9.72. The maximum absolute atomic E-state index is 2.77. The highest BCUT2D eigenvalue weighted by molar-refractivity contribution is 6.78. The van der Waals surface area contributed by atoms with Gasteiger partial charge in [-0.3, -0.25) is 0 Å². The first-order valence-corrected chi connectivity index (χ1v) is 16.3. The minimum Gasteiger partial charge on any atom is -0.0691 e. The molecule has 0 saturated heterocycles. The summed E-state index contributed by atoms with van der Waals surface area (Å²) in [6.07, 6.45) is 28.0. The van der Waals surface area contributed by atoms with Crippen molar-refractivity contribution >= 4 is 8.07 Å². The third-order valence-electron chi connectivity index (χ3n) is 6.65. The van der Waals surface area contributed by atoms with Crippen molar-refractivity contribution in [3.8, 4) is 0 Å². The lowest BCUT2D eigenvalue weighted by atomic mass is 10.1. The standard InChI is InChI=1S/C26H56Si/c1-5-8-11-14-17-20-23-26-27(4,24-21-18-15-12-9-6-2)25-22-19-16-13-10-7-3/h5-26H2,1-4H3. The van der Waals surface area contributed by atoms with E-state index in [4.69, 9.17) is 0 Å². The van der Waals surface area contributed by atoms with E-state index in [0.717, 1.165) is 0 Å². The average molecular weight is 397 g/mol. The van der Waals surface area contributed by atoms with Crippen molar-refractivity contribution in [2.45, 2.75) is 167 Å². The molecule has 0 unspecified atom stereocenters. The molecule has 0 rings (SSSR count). The summed E-state index contributed by atoms with van der Waals surface area (Å²) in [5, 5.41) is 0. The second-order valence-corrected chi connectivity index (χ2v) is 14.8. The Morgan fingerprint density at radius 1 is 0.333 bits per heavy atom. The van der Waals surface area contributed by atoms with Crippen LogP contribution in [-0.4, -0.2) is 8.07 Å². The highest BCUT2D eigenvalue weighted by Gasteiger charge is 2.25. The predicted molar refractivity (Wildman–Crippen MR) is 131 cm³/mol. The van der Waals surface area contributed by atoms with Gasteiger partial charge in [-0.15, -0.1) is 0 Å². The number of unbranched alkanes of at least 4 members (excludes halogenated alkanes) is 16. The summed E-state index contributed by atoms with van der Waals surface area (Å²) in [4.78, 5) is 0. The normalized spacial score (nSPS) is 12.0. The fraction of sp³-hybridized carbons (Fsp3) is 1.00. The molecule has 0 aliphatic rings. The molecule has 1 heteroatoms. The summed E-state index contributed by atoms with van der Waals surface area (Å²) in [6.45, 7) is 9.74. The van der Waals surface area contributed by atoms with Crippen molar-refractivity contribution in [1.29, 1.82) is 0 Å². The van der Waals surface area contributed by atoms with Gasteiger partial charge in [-0.2, -0.15) is 0 Å². The Kier molecular flexibility index (Phi) is 21.1. The molecule has 0 amide bonds. The molecule has 0 aliphatic carbocycles. The topological polar surface area (TPSA) is 0 Å². The van der Waals surface area contributed by atoms with Crippen LogP contribution in [0.4, 0.5) is 0 Å². The number of hydrogen-bond donors (Lipinski definition) is 0. The molecule has 0 nitrogen and oxygen atoms in total. The van der Waals surface area contributed by atoms with Crippen molar-refractivity contribution in [1.82, 2.24) is 0 Å². The molecule has 164 valence electrons. The molecule has 0 aromatic rings. The van der Waals surface area contributed by atoms with E-state index in [2.05, 4.69) is 27.3 Å². The highest BCUT2D eigenvalue weighted by atomic mass is 28.3. The van der Waals surface area contributed by atoms with Crippen LogP contribution in [0.5, 0.6) is 0 Å². The average Bonchev–Trinajstić information content (AvgIpc) is 2.67. The SMILES string of the molecule is CCCCCCCCC[Si](C)(CCCCCCCC)CCCCCCCC. The molecule has 0 radical (unpaired) electrons. The Balaban J connectivity index is 4.02. The lowest BCUT2D eigenvalue weighted by Crippen LogP contribution is -2.29. The van der Waals surface area contributed by atoms with E-state index < -0.39 is 8.07 Å². The van der Waals surface area contributed by atoms with Gasteiger partial charge in [-0.25, -0.2) is 0 Å². The molecule has 0 spiro atoms. The first-order chi connectivity index (χ1) is 13.2. The number of rotatable bonds is 22. The van der Waals surface area contributed by atoms with Crippen LogP contribution in [-0.2, 0) is 0 Å². The van der Waals surface area contributed by atoms with Crippen LogP contribution in [0.1, 0.15) is 143 Å². The molecule has 27 heavy (non-hydrogen) atoms. The molecule has 0 saturated carbocycles. The summed E-state index contributed by atoms with van der Waals surface area (Å²) in [7, 11) is -0.962. The summed E-state index contributed by atoms with van der Waals surface area (Å²) in [5.41, 5.74) is 0. The maximum atomic E-state index is 2.77. The van der Waals surface area contributed by atoms with Crippen molar-refractivity contribution in [2.75, 3.05) is 0 Å². The van der Waals surface area contributed by atoms with Crippen molar-refractivity contribution in [2.24, 2.45) is 0 Å². The van der Waals surface area contributed by atoms with Crippen molar-refractivity contribution in [3.63, 3.8) is 0 Å².